The van der Waals surface area contributed by atoms with Crippen LogP contribution in [-0.2, 0) is 59.0 Å². The first-order valence-electron chi connectivity index (χ1n) is 22.0. The van der Waals surface area contributed by atoms with Gasteiger partial charge in [0.15, 0.2) is 0 Å². The Labute approximate surface area is 411 Å². The Balaban J connectivity index is 1.92. The van der Waals surface area contributed by atoms with Gasteiger partial charge in [-0.05, 0) is 54.8 Å². The van der Waals surface area contributed by atoms with Gasteiger partial charge in [-0.3, -0.25) is 52.9 Å². The van der Waals surface area contributed by atoms with Crippen LogP contribution in [0.2, 0.25) is 0 Å². The monoisotopic (exact) mass is 1020 g/mol. The van der Waals surface area contributed by atoms with Crippen LogP contribution >= 0.6 is 7.82 Å². The topological polar surface area (TPSA) is 296 Å². The van der Waals surface area contributed by atoms with Crippen molar-refractivity contribution in [2.75, 3.05) is 89.1 Å². The second kappa shape index (κ2) is 27.7. The summed E-state index contributed by atoms with van der Waals surface area (Å²) in [6.07, 6.45) is 2.32. The Morgan fingerprint density at radius 2 is 0.803 bits per heavy atom. The van der Waals surface area contributed by atoms with Gasteiger partial charge in [0.2, 0.25) is 0 Å². The minimum Gasteiger partial charge on any atom is -0.496 e. The molecule has 0 spiro atoms. The molecule has 0 saturated heterocycles. The summed E-state index contributed by atoms with van der Waals surface area (Å²) in [6, 6.07) is 13.7. The lowest BCUT2D eigenvalue weighted by molar-refractivity contribution is -0.144. The number of benzene rings is 2. The van der Waals surface area contributed by atoms with Crippen LogP contribution in [0.25, 0.3) is 22.3 Å². The summed E-state index contributed by atoms with van der Waals surface area (Å²) >= 11 is 0. The van der Waals surface area contributed by atoms with E-state index in [9.17, 15) is 49.1 Å². The van der Waals surface area contributed by atoms with Gasteiger partial charge in [0.05, 0.1) is 109 Å². The minimum absolute atomic E-state index is 0.0115. The molecule has 2 heterocycles. The summed E-state index contributed by atoms with van der Waals surface area (Å²) in [4.78, 5) is 71.6. The summed E-state index contributed by atoms with van der Waals surface area (Å²) < 4.78 is 55.5. The van der Waals surface area contributed by atoms with Gasteiger partial charge >= 0.3 is 31.7 Å². The van der Waals surface area contributed by atoms with Crippen molar-refractivity contribution in [3.63, 3.8) is 0 Å². The molecule has 4 rings (SSSR count). The van der Waals surface area contributed by atoms with Crippen molar-refractivity contribution in [3.05, 3.63) is 71.3 Å². The van der Waals surface area contributed by atoms with Gasteiger partial charge < -0.3 is 53.7 Å². The molecular weight excluding hydrogens is 954 g/mol. The van der Waals surface area contributed by atoms with Gasteiger partial charge in [-0.25, -0.2) is 4.57 Å². The number of carboxylic acid groups (broad SMARTS) is 4. The van der Waals surface area contributed by atoms with E-state index in [1.165, 1.54) is 52.5 Å². The molecule has 0 aliphatic carbocycles. The summed E-state index contributed by atoms with van der Waals surface area (Å²) in [5, 5.41) is 38.8. The molecule has 2 aromatic carbocycles. The molecule has 2 aromatic heterocycles. The molecule has 0 aliphatic heterocycles. The zero-order chi connectivity index (χ0) is 52.3. The highest BCUT2D eigenvalue weighted by molar-refractivity contribution is 7.47. The molecule has 71 heavy (non-hydrogen) atoms. The minimum atomic E-state index is -4.15. The molecule has 388 valence electrons. The number of carbonyl (C=O) groups is 4. The first-order valence-corrected chi connectivity index (χ1v) is 23.5. The number of pyridine rings is 2. The van der Waals surface area contributed by atoms with E-state index in [4.69, 9.17) is 42.9 Å². The number of ether oxygens (including phenoxy) is 6. The fraction of sp³-hybridized carbons (Fsp3) is 0.447. The highest BCUT2D eigenvalue weighted by atomic mass is 31.2. The van der Waals surface area contributed by atoms with Crippen molar-refractivity contribution in [1.29, 1.82) is 0 Å². The molecule has 4 aromatic rings. The first kappa shape index (κ1) is 57.0. The number of methoxy groups -OCH3 is 6. The van der Waals surface area contributed by atoms with Crippen molar-refractivity contribution in [3.8, 4) is 56.8 Å². The molecule has 1 atom stereocenters. The Kier molecular flexibility index (Phi) is 22.2. The smallest absolute Gasteiger partial charge is 0.471 e. The van der Waals surface area contributed by atoms with Crippen LogP contribution in [0.4, 0.5) is 0 Å². The number of hydrogen-bond acceptors (Lipinski definition) is 18. The maximum atomic E-state index is 11.9. The molecule has 23 nitrogen and oxygen atoms in total. The van der Waals surface area contributed by atoms with Crippen molar-refractivity contribution < 1.29 is 86.5 Å². The zero-order valence-corrected chi connectivity index (χ0v) is 41.6. The highest BCUT2D eigenvalue weighted by Crippen LogP contribution is 2.44. The van der Waals surface area contributed by atoms with Gasteiger partial charge in [0.25, 0.3) is 0 Å². The summed E-state index contributed by atoms with van der Waals surface area (Å²) in [5.41, 5.74) is 3.70. The quantitative estimate of drug-likeness (QED) is 0.0305. The number of rotatable bonds is 33. The Morgan fingerprint density at radius 1 is 0.479 bits per heavy atom. The lowest BCUT2D eigenvalue weighted by Crippen LogP contribution is -2.34. The maximum absolute atomic E-state index is 11.9. The molecule has 0 radical (unpaired) electrons. The fourth-order valence-electron chi connectivity index (χ4n) is 7.75. The van der Waals surface area contributed by atoms with E-state index < -0.39 is 57.9 Å². The van der Waals surface area contributed by atoms with E-state index in [2.05, 4.69) is 4.52 Å². The summed E-state index contributed by atoms with van der Waals surface area (Å²) in [5.74, 6) is -2.57. The fourth-order valence-corrected chi connectivity index (χ4v) is 8.21. The summed E-state index contributed by atoms with van der Waals surface area (Å²) in [6.45, 7) is -2.05. The molecule has 0 saturated carbocycles. The number of carboxylic acids is 4. The lowest BCUT2D eigenvalue weighted by atomic mass is 10.0. The molecule has 0 fully saturated rings. The number of aromatic nitrogens is 2. The Morgan fingerprint density at radius 3 is 1.10 bits per heavy atom. The molecule has 0 bridgehead atoms. The van der Waals surface area contributed by atoms with E-state index in [1.54, 1.807) is 48.5 Å². The van der Waals surface area contributed by atoms with Gasteiger partial charge in [-0.1, -0.05) is 12.8 Å². The van der Waals surface area contributed by atoms with Crippen molar-refractivity contribution >= 4 is 31.7 Å². The van der Waals surface area contributed by atoms with Crippen molar-refractivity contribution in [2.24, 2.45) is 0 Å². The predicted octanol–water partition coefficient (Wildman–Crippen LogP) is 5.13. The molecule has 0 amide bonds. The first-order chi connectivity index (χ1) is 33.8. The molecule has 5 N–H and O–H groups in total. The van der Waals surface area contributed by atoms with E-state index in [0.717, 1.165) is 7.11 Å². The number of unbranched alkanes of at least 4 members (excludes halogenated alkanes) is 3. The normalized spacial score (nSPS) is 12.2. The van der Waals surface area contributed by atoms with E-state index >= 15 is 0 Å². The molecule has 1 unspecified atom stereocenters. The van der Waals surface area contributed by atoms with Crippen LogP contribution in [-0.4, -0.2) is 163 Å². The number of aliphatic carboxylic acids is 4. The highest BCUT2D eigenvalue weighted by Gasteiger charge is 2.24. The number of phosphoric acid groups is 1. The van der Waals surface area contributed by atoms with Crippen LogP contribution < -0.4 is 28.4 Å². The van der Waals surface area contributed by atoms with Crippen LogP contribution in [0, 0.1) is 0 Å². The SMILES string of the molecule is COc1cc(OC)c(-c2cc(CN(CC(=O)O)CC(=O)O)nc(CN(CCCCCCOP(=O)(O)OC)Cc3cc(-c4c(OC)cc(OC)cc4OC)cc(CN(CC(=O)O)CC(=O)O)n3)c2)c(OC)c1. The Hall–Kier alpha value is -6.59. The van der Waals surface area contributed by atoms with Gasteiger partial charge in [-0.15, -0.1) is 0 Å². The number of phosphoric ester groups is 1. The largest absolute Gasteiger partial charge is 0.496 e. The lowest BCUT2D eigenvalue weighted by Gasteiger charge is -2.25. The van der Waals surface area contributed by atoms with Gasteiger partial charge in [-0.2, -0.15) is 0 Å². The van der Waals surface area contributed by atoms with Crippen molar-refractivity contribution in [1.82, 2.24) is 24.7 Å². The zero-order valence-electron chi connectivity index (χ0n) is 40.7. The predicted molar refractivity (Wildman–Crippen MR) is 255 cm³/mol. The summed E-state index contributed by atoms with van der Waals surface area (Å²) in [7, 11) is 5.82. The van der Waals surface area contributed by atoms with E-state index in [0.29, 0.717) is 112 Å². The third-order valence-corrected chi connectivity index (χ3v) is 11.7. The van der Waals surface area contributed by atoms with E-state index in [1.807, 2.05) is 4.90 Å². The molecule has 0 aliphatic rings. The van der Waals surface area contributed by atoms with Crippen LogP contribution in [0.1, 0.15) is 48.5 Å². The third-order valence-electron chi connectivity index (χ3n) is 10.7. The standard InChI is InChI=1S/C47H62N5O18P/c1-63-36-18-38(65-3)46(39(19-36)66-4)30-14-32(48-34(16-30)24-51(26-42(53)54)27-43(55)56)22-50(12-10-8-9-11-13-70-71(61,62)69-7)23-33-15-31(47-40(67-5)20-37(64-2)21-41(47)68-6)17-35(49-33)25-52(28-44(57)58)29-45(59)60/h14-21H,8-13,22-29H2,1-7H3,(H,53,54)(H,55,56)(H,57,58)(H,59,60)(H,61,62). The second-order valence-electron chi connectivity index (χ2n) is 16.0. The van der Waals surface area contributed by atoms with Crippen LogP contribution in [0.5, 0.6) is 34.5 Å². The van der Waals surface area contributed by atoms with Gasteiger partial charge in [0.1, 0.15) is 34.5 Å². The second-order valence-corrected chi connectivity index (χ2v) is 17.5. The number of nitrogens with zero attached hydrogens (tertiary/aromatic N) is 5. The average molecular weight is 1020 g/mol. The maximum Gasteiger partial charge on any atom is 0.471 e. The van der Waals surface area contributed by atoms with Crippen LogP contribution in [0.3, 0.4) is 0 Å². The third kappa shape index (κ3) is 18.0. The molecule has 24 heteroatoms. The average Bonchev–Trinajstić information content (AvgIpc) is 3.31. The number of hydrogen-bond donors (Lipinski definition) is 5. The van der Waals surface area contributed by atoms with E-state index in [-0.39, 0.29) is 32.8 Å². The van der Waals surface area contributed by atoms with Crippen LogP contribution in [0.15, 0.2) is 48.5 Å². The molecular formula is C47H62N5O18P. The Bertz CT molecular complexity index is 2280. The van der Waals surface area contributed by atoms with Crippen molar-refractivity contribution in [2.45, 2.75) is 51.9 Å². The van der Waals surface area contributed by atoms with Gasteiger partial charge in [0, 0.05) is 57.6 Å².